The second kappa shape index (κ2) is 6.82. The first kappa shape index (κ1) is 17.7. The van der Waals surface area contributed by atoms with Gasteiger partial charge in [0, 0.05) is 18.5 Å². The molecule has 0 bridgehead atoms. The number of hydrogen-bond acceptors (Lipinski definition) is 4. The van der Waals surface area contributed by atoms with Crippen molar-refractivity contribution < 1.29 is 12.9 Å². The molecule has 1 saturated heterocycles. The summed E-state index contributed by atoms with van der Waals surface area (Å²) in [6, 6.07) is 7.35. The quantitative estimate of drug-likeness (QED) is 0.804. The molecule has 6 heteroatoms. The van der Waals surface area contributed by atoms with Crippen LogP contribution in [0.3, 0.4) is 0 Å². The molecule has 4 rings (SSSR count). The highest BCUT2D eigenvalue weighted by molar-refractivity contribution is 7.89. The van der Waals surface area contributed by atoms with Crippen molar-refractivity contribution >= 4 is 10.0 Å². The summed E-state index contributed by atoms with van der Waals surface area (Å²) in [4.78, 5) is 0.414. The van der Waals surface area contributed by atoms with Crippen molar-refractivity contribution in [1.82, 2.24) is 9.46 Å². The highest BCUT2D eigenvalue weighted by Crippen LogP contribution is 2.37. The first-order valence-electron chi connectivity index (χ1n) is 9.57. The van der Waals surface area contributed by atoms with E-state index in [-0.39, 0.29) is 12.0 Å². The Hall–Kier alpha value is -1.66. The molecule has 2 aliphatic rings. The van der Waals surface area contributed by atoms with Crippen LogP contribution in [0.1, 0.15) is 74.1 Å². The van der Waals surface area contributed by atoms with Crippen LogP contribution in [0.5, 0.6) is 0 Å². The Kier molecular flexibility index (Phi) is 4.65. The maximum Gasteiger partial charge on any atom is 0.243 e. The van der Waals surface area contributed by atoms with Gasteiger partial charge in [-0.05, 0) is 61.8 Å². The monoisotopic (exact) mass is 374 g/mol. The smallest absolute Gasteiger partial charge is 0.243 e. The Labute approximate surface area is 155 Å². The lowest BCUT2D eigenvalue weighted by molar-refractivity contribution is 0.338. The predicted molar refractivity (Wildman–Crippen MR) is 99.5 cm³/mol. The van der Waals surface area contributed by atoms with E-state index >= 15 is 0 Å². The highest BCUT2D eigenvalue weighted by atomic mass is 32.2. The van der Waals surface area contributed by atoms with Gasteiger partial charge in [0.2, 0.25) is 10.0 Å². The van der Waals surface area contributed by atoms with Crippen molar-refractivity contribution in [2.24, 2.45) is 0 Å². The van der Waals surface area contributed by atoms with Crippen LogP contribution < -0.4 is 0 Å². The van der Waals surface area contributed by atoms with Crippen LogP contribution >= 0.6 is 0 Å². The number of nitrogens with zero attached hydrogens (tertiary/aromatic N) is 2. The minimum absolute atomic E-state index is 0.229. The number of aromatic nitrogens is 1. The van der Waals surface area contributed by atoms with E-state index in [0.717, 1.165) is 43.6 Å². The van der Waals surface area contributed by atoms with Gasteiger partial charge in [-0.1, -0.05) is 25.1 Å². The van der Waals surface area contributed by atoms with Crippen molar-refractivity contribution in [2.75, 3.05) is 6.54 Å². The van der Waals surface area contributed by atoms with E-state index < -0.39 is 10.0 Å². The maximum absolute atomic E-state index is 13.3. The fourth-order valence-electron chi connectivity index (χ4n) is 4.06. The van der Waals surface area contributed by atoms with E-state index in [4.69, 9.17) is 4.52 Å². The van der Waals surface area contributed by atoms with Gasteiger partial charge >= 0.3 is 0 Å². The average Bonchev–Trinajstić information content (AvgIpc) is 3.30. The zero-order valence-electron chi connectivity index (χ0n) is 15.4. The van der Waals surface area contributed by atoms with Gasteiger partial charge in [0.1, 0.15) is 11.5 Å². The van der Waals surface area contributed by atoms with Crippen molar-refractivity contribution in [3.8, 4) is 0 Å². The summed E-state index contributed by atoms with van der Waals surface area (Å²) >= 11 is 0. The van der Waals surface area contributed by atoms with E-state index in [2.05, 4.69) is 5.16 Å². The SMILES string of the molecule is CC(C)c1cc([C@H]2CCCN2S(=O)(=O)c2ccc3c(c2)CCCC3)no1. The molecule has 26 heavy (non-hydrogen) atoms. The number of benzene rings is 1. The van der Waals surface area contributed by atoms with Gasteiger partial charge in [-0.2, -0.15) is 4.31 Å². The van der Waals surface area contributed by atoms with Crippen LogP contribution in [0.25, 0.3) is 0 Å². The fraction of sp³-hybridized carbons (Fsp3) is 0.550. The number of rotatable bonds is 4. The van der Waals surface area contributed by atoms with E-state index in [1.54, 1.807) is 10.4 Å². The molecule has 0 spiro atoms. The number of fused-ring (bicyclic) bond motifs is 1. The largest absolute Gasteiger partial charge is 0.361 e. The molecule has 2 heterocycles. The summed E-state index contributed by atoms with van der Waals surface area (Å²) in [5.74, 6) is 1.04. The molecule has 1 aromatic carbocycles. The molecule has 0 saturated carbocycles. The molecule has 5 nitrogen and oxygen atoms in total. The normalized spacial score (nSPS) is 21.3. The lowest BCUT2D eigenvalue weighted by atomic mass is 9.92. The highest BCUT2D eigenvalue weighted by Gasteiger charge is 2.38. The van der Waals surface area contributed by atoms with Gasteiger partial charge in [-0.25, -0.2) is 8.42 Å². The van der Waals surface area contributed by atoms with Crippen molar-refractivity contribution in [2.45, 2.75) is 69.2 Å². The Balaban J connectivity index is 1.65. The van der Waals surface area contributed by atoms with Gasteiger partial charge in [0.05, 0.1) is 10.9 Å². The lowest BCUT2D eigenvalue weighted by Crippen LogP contribution is -2.31. The lowest BCUT2D eigenvalue weighted by Gasteiger charge is -2.24. The molecule has 1 atom stereocenters. The van der Waals surface area contributed by atoms with Crippen LogP contribution in [0.2, 0.25) is 0 Å². The molecular weight excluding hydrogens is 348 g/mol. The fourth-order valence-corrected chi connectivity index (χ4v) is 5.78. The first-order valence-corrected chi connectivity index (χ1v) is 11.0. The van der Waals surface area contributed by atoms with Crippen LogP contribution in [-0.2, 0) is 22.9 Å². The molecule has 1 aliphatic carbocycles. The van der Waals surface area contributed by atoms with Crippen LogP contribution in [-0.4, -0.2) is 24.4 Å². The molecule has 1 aliphatic heterocycles. The van der Waals surface area contributed by atoms with E-state index in [0.29, 0.717) is 11.4 Å². The molecule has 140 valence electrons. The Morgan fingerprint density at radius 3 is 2.62 bits per heavy atom. The minimum atomic E-state index is -3.53. The molecule has 1 aromatic heterocycles. The molecule has 1 fully saturated rings. The van der Waals surface area contributed by atoms with Gasteiger partial charge in [-0.3, -0.25) is 0 Å². The number of hydrogen-bond donors (Lipinski definition) is 0. The van der Waals surface area contributed by atoms with E-state index in [1.807, 2.05) is 32.0 Å². The Bertz CT molecular complexity index is 902. The molecule has 0 N–H and O–H groups in total. The summed E-state index contributed by atoms with van der Waals surface area (Å²) in [7, 11) is -3.53. The standard InChI is InChI=1S/C20H26N2O3S/c1-14(2)20-13-18(21-25-20)19-8-5-11-22(19)26(23,24)17-10-9-15-6-3-4-7-16(15)12-17/h9-10,12-14,19H,3-8,11H2,1-2H3/t19-/m1/s1. The van der Waals surface area contributed by atoms with Crippen molar-refractivity contribution in [3.63, 3.8) is 0 Å². The molecular formula is C20H26N2O3S. The van der Waals surface area contributed by atoms with Gasteiger partial charge in [0.15, 0.2) is 0 Å². The van der Waals surface area contributed by atoms with Crippen molar-refractivity contribution in [3.05, 3.63) is 46.8 Å². The van der Waals surface area contributed by atoms with Crippen LogP contribution in [0.4, 0.5) is 0 Å². The third-order valence-electron chi connectivity index (χ3n) is 5.59. The minimum Gasteiger partial charge on any atom is -0.361 e. The van der Waals surface area contributed by atoms with Gasteiger partial charge in [0.25, 0.3) is 0 Å². The second-order valence-corrected chi connectivity index (χ2v) is 9.61. The second-order valence-electron chi connectivity index (χ2n) is 7.72. The maximum atomic E-state index is 13.3. The summed E-state index contributed by atoms with van der Waals surface area (Å²) < 4.78 is 33.6. The van der Waals surface area contributed by atoms with Crippen LogP contribution in [0.15, 0.2) is 33.7 Å². The summed E-state index contributed by atoms with van der Waals surface area (Å²) in [6.45, 7) is 4.62. The molecule has 0 unspecified atom stereocenters. The molecule has 0 amide bonds. The molecule has 0 radical (unpaired) electrons. The average molecular weight is 375 g/mol. The summed E-state index contributed by atoms with van der Waals surface area (Å²) in [5, 5.41) is 4.17. The zero-order chi connectivity index (χ0) is 18.3. The summed E-state index contributed by atoms with van der Waals surface area (Å²) in [6.07, 6.45) is 5.99. The van der Waals surface area contributed by atoms with Gasteiger partial charge < -0.3 is 4.52 Å². The topological polar surface area (TPSA) is 63.4 Å². The predicted octanol–water partition coefficient (Wildman–Crippen LogP) is 4.20. The molecule has 2 aromatic rings. The Morgan fingerprint density at radius 2 is 1.88 bits per heavy atom. The third kappa shape index (κ3) is 3.09. The third-order valence-corrected chi connectivity index (χ3v) is 7.49. The van der Waals surface area contributed by atoms with Crippen LogP contribution in [0, 0.1) is 0 Å². The van der Waals surface area contributed by atoms with E-state index in [9.17, 15) is 8.42 Å². The summed E-state index contributed by atoms with van der Waals surface area (Å²) in [5.41, 5.74) is 3.22. The van der Waals surface area contributed by atoms with E-state index in [1.165, 1.54) is 17.5 Å². The van der Waals surface area contributed by atoms with Gasteiger partial charge in [-0.15, -0.1) is 0 Å². The Morgan fingerprint density at radius 1 is 1.12 bits per heavy atom. The van der Waals surface area contributed by atoms with Crippen molar-refractivity contribution in [1.29, 1.82) is 0 Å². The zero-order valence-corrected chi connectivity index (χ0v) is 16.3. The first-order chi connectivity index (χ1) is 12.5. The number of aryl methyl sites for hydroxylation is 2. The number of sulfonamides is 1.